The highest BCUT2D eigenvalue weighted by Gasteiger charge is 2.48. The molecule has 4 rings (SSSR count). The summed E-state index contributed by atoms with van der Waals surface area (Å²) < 4.78 is 1.15. The quantitative estimate of drug-likeness (QED) is 0.803. The second kappa shape index (κ2) is 4.02. The number of fused-ring (bicyclic) bond motifs is 2. The van der Waals surface area contributed by atoms with Gasteiger partial charge in [-0.05, 0) is 18.6 Å². The average Bonchev–Trinajstić information content (AvgIpc) is 3.07. The molecule has 1 aromatic heterocycles. The van der Waals surface area contributed by atoms with Crippen LogP contribution in [0.4, 0.5) is 5.13 Å². The highest BCUT2D eigenvalue weighted by Crippen LogP contribution is 2.36. The minimum absolute atomic E-state index is 0.139. The van der Waals surface area contributed by atoms with Crippen molar-refractivity contribution in [2.24, 2.45) is 11.8 Å². The number of hydrogen-bond donors (Lipinski definition) is 1. The molecule has 3 heterocycles. The molecule has 5 nitrogen and oxygen atoms in total. The van der Waals surface area contributed by atoms with Crippen molar-refractivity contribution < 1.29 is 9.59 Å². The fraction of sp³-hybridized carbons (Fsp3) is 0.357. The van der Waals surface area contributed by atoms with E-state index in [0.717, 1.165) is 20.9 Å². The van der Waals surface area contributed by atoms with Gasteiger partial charge >= 0.3 is 0 Å². The molecule has 0 bridgehead atoms. The van der Waals surface area contributed by atoms with E-state index in [-0.39, 0.29) is 23.7 Å². The van der Waals surface area contributed by atoms with Crippen LogP contribution < -0.4 is 10.2 Å². The Labute approximate surface area is 119 Å². The van der Waals surface area contributed by atoms with Crippen molar-refractivity contribution in [1.29, 1.82) is 0 Å². The Morgan fingerprint density at radius 2 is 1.95 bits per heavy atom. The number of rotatable bonds is 1. The maximum absolute atomic E-state index is 11.7. The first kappa shape index (κ1) is 11.8. The van der Waals surface area contributed by atoms with Crippen LogP contribution in [0.15, 0.2) is 18.2 Å². The van der Waals surface area contributed by atoms with Crippen molar-refractivity contribution in [3.63, 3.8) is 0 Å². The Hall–Kier alpha value is -1.95. The molecule has 0 radical (unpaired) electrons. The van der Waals surface area contributed by atoms with Gasteiger partial charge in [0.05, 0.1) is 22.1 Å². The molecule has 0 saturated carbocycles. The molecule has 2 aliphatic rings. The summed E-state index contributed by atoms with van der Waals surface area (Å²) in [6.45, 7) is 3.21. The predicted molar refractivity (Wildman–Crippen MR) is 76.7 cm³/mol. The number of anilines is 1. The number of carbonyl (C=O) groups is 2. The lowest BCUT2D eigenvalue weighted by atomic mass is 10.00. The van der Waals surface area contributed by atoms with Crippen molar-refractivity contribution in [2.45, 2.75) is 6.92 Å². The van der Waals surface area contributed by atoms with Crippen LogP contribution in [0, 0.1) is 18.8 Å². The molecule has 2 saturated heterocycles. The molecule has 20 heavy (non-hydrogen) atoms. The highest BCUT2D eigenvalue weighted by atomic mass is 32.1. The zero-order valence-electron chi connectivity index (χ0n) is 10.9. The molecule has 2 aliphatic heterocycles. The molecular weight excluding hydrogens is 274 g/mol. The summed E-state index contributed by atoms with van der Waals surface area (Å²) in [5.74, 6) is -0.703. The van der Waals surface area contributed by atoms with Crippen LogP contribution in [0.1, 0.15) is 5.56 Å². The Balaban J connectivity index is 1.70. The van der Waals surface area contributed by atoms with E-state index in [1.165, 1.54) is 0 Å². The number of benzene rings is 1. The lowest BCUT2D eigenvalue weighted by Crippen LogP contribution is -2.31. The second-order valence-electron chi connectivity index (χ2n) is 5.39. The van der Waals surface area contributed by atoms with Crippen molar-refractivity contribution in [2.75, 3.05) is 18.0 Å². The van der Waals surface area contributed by atoms with Gasteiger partial charge in [0, 0.05) is 13.1 Å². The number of amides is 2. The van der Waals surface area contributed by atoms with E-state index in [2.05, 4.69) is 21.3 Å². The highest BCUT2D eigenvalue weighted by molar-refractivity contribution is 7.22. The Morgan fingerprint density at radius 1 is 1.25 bits per heavy atom. The molecule has 2 amide bonds. The fourth-order valence-corrected chi connectivity index (χ4v) is 4.07. The third-order valence-corrected chi connectivity index (χ3v) is 5.20. The van der Waals surface area contributed by atoms with Gasteiger partial charge in [-0.3, -0.25) is 14.9 Å². The molecule has 2 atom stereocenters. The Morgan fingerprint density at radius 3 is 2.60 bits per heavy atom. The summed E-state index contributed by atoms with van der Waals surface area (Å²) in [6, 6.07) is 6.12. The van der Waals surface area contributed by atoms with Gasteiger partial charge in [-0.2, -0.15) is 0 Å². The Bertz CT molecular complexity index is 717. The van der Waals surface area contributed by atoms with E-state index in [0.29, 0.717) is 13.1 Å². The van der Waals surface area contributed by atoms with Gasteiger partial charge in [0.2, 0.25) is 11.8 Å². The third kappa shape index (κ3) is 1.57. The van der Waals surface area contributed by atoms with E-state index < -0.39 is 0 Å². The standard InChI is InChI=1S/C14H13N3O2S/c1-7-3-2-4-10-11(7)15-14(20-10)17-5-8-9(6-17)13(19)16-12(8)18/h2-4,8-9H,5-6H2,1H3,(H,16,18,19). The summed E-state index contributed by atoms with van der Waals surface area (Å²) in [6.07, 6.45) is 0. The lowest BCUT2D eigenvalue weighted by Gasteiger charge is -2.14. The van der Waals surface area contributed by atoms with Gasteiger partial charge in [-0.15, -0.1) is 0 Å². The number of aryl methyl sites for hydroxylation is 1. The molecule has 0 spiro atoms. The number of thiazole rings is 1. The normalized spacial score (nSPS) is 25.4. The van der Waals surface area contributed by atoms with Gasteiger partial charge in [0.15, 0.2) is 5.13 Å². The van der Waals surface area contributed by atoms with Crippen molar-refractivity contribution in [3.05, 3.63) is 23.8 Å². The van der Waals surface area contributed by atoms with Crippen LogP contribution in [0.5, 0.6) is 0 Å². The molecule has 2 fully saturated rings. The van der Waals surface area contributed by atoms with Gasteiger partial charge in [-0.1, -0.05) is 23.5 Å². The molecule has 2 aromatic rings. The second-order valence-corrected chi connectivity index (χ2v) is 6.40. The van der Waals surface area contributed by atoms with Crippen LogP contribution in [0.3, 0.4) is 0 Å². The van der Waals surface area contributed by atoms with E-state index in [9.17, 15) is 9.59 Å². The lowest BCUT2D eigenvalue weighted by molar-refractivity contribution is -0.126. The first-order valence-corrected chi connectivity index (χ1v) is 7.41. The van der Waals surface area contributed by atoms with Crippen molar-refractivity contribution in [1.82, 2.24) is 10.3 Å². The first-order chi connectivity index (χ1) is 9.63. The van der Waals surface area contributed by atoms with Crippen LogP contribution in [0.25, 0.3) is 10.2 Å². The van der Waals surface area contributed by atoms with E-state index in [1.54, 1.807) is 11.3 Å². The Kier molecular flexibility index (Phi) is 2.38. The first-order valence-electron chi connectivity index (χ1n) is 6.59. The van der Waals surface area contributed by atoms with E-state index in [4.69, 9.17) is 0 Å². The maximum Gasteiger partial charge on any atom is 0.232 e. The number of nitrogens with one attached hydrogen (secondary N) is 1. The zero-order valence-corrected chi connectivity index (χ0v) is 11.7. The zero-order chi connectivity index (χ0) is 13.9. The minimum Gasteiger partial charge on any atom is -0.346 e. The van der Waals surface area contributed by atoms with Gasteiger partial charge in [-0.25, -0.2) is 4.98 Å². The summed E-state index contributed by atoms with van der Waals surface area (Å²) in [5.41, 5.74) is 2.17. The summed E-state index contributed by atoms with van der Waals surface area (Å²) in [5, 5.41) is 3.31. The fourth-order valence-electron chi connectivity index (χ4n) is 3.01. The monoisotopic (exact) mass is 287 g/mol. The smallest absolute Gasteiger partial charge is 0.232 e. The number of carbonyl (C=O) groups excluding carboxylic acids is 2. The van der Waals surface area contributed by atoms with Gasteiger partial charge in [0.25, 0.3) is 0 Å². The van der Waals surface area contributed by atoms with Crippen LogP contribution in [-0.4, -0.2) is 29.9 Å². The largest absolute Gasteiger partial charge is 0.346 e. The summed E-state index contributed by atoms with van der Waals surface area (Å²) in [4.78, 5) is 30.1. The summed E-state index contributed by atoms with van der Waals surface area (Å²) in [7, 11) is 0. The number of hydrogen-bond acceptors (Lipinski definition) is 5. The predicted octanol–water partition coefficient (Wildman–Crippen LogP) is 1.31. The molecule has 0 aliphatic carbocycles. The average molecular weight is 287 g/mol. The molecule has 2 unspecified atom stereocenters. The number of nitrogens with zero attached hydrogens (tertiary/aromatic N) is 2. The minimum atomic E-state index is -0.212. The van der Waals surface area contributed by atoms with Gasteiger partial charge < -0.3 is 4.90 Å². The molecule has 1 N–H and O–H groups in total. The topological polar surface area (TPSA) is 62.3 Å². The number of imide groups is 1. The van der Waals surface area contributed by atoms with Crippen LogP contribution in [0.2, 0.25) is 0 Å². The maximum atomic E-state index is 11.7. The summed E-state index contributed by atoms with van der Waals surface area (Å²) >= 11 is 1.62. The molecule has 1 aromatic carbocycles. The molecule has 6 heteroatoms. The van der Waals surface area contributed by atoms with E-state index in [1.807, 2.05) is 19.1 Å². The molecule has 102 valence electrons. The van der Waals surface area contributed by atoms with Crippen molar-refractivity contribution >= 4 is 38.5 Å². The van der Waals surface area contributed by atoms with E-state index >= 15 is 0 Å². The SMILES string of the molecule is Cc1cccc2sc(N3CC4C(=O)NC(=O)C4C3)nc12. The number of aromatic nitrogens is 1. The van der Waals surface area contributed by atoms with Crippen LogP contribution >= 0.6 is 11.3 Å². The molecular formula is C14H13N3O2S. The number of para-hydroxylation sites is 1. The van der Waals surface area contributed by atoms with Crippen LogP contribution in [-0.2, 0) is 9.59 Å². The third-order valence-electron chi connectivity index (χ3n) is 4.12. The van der Waals surface area contributed by atoms with Gasteiger partial charge in [0.1, 0.15) is 0 Å². The van der Waals surface area contributed by atoms with Crippen molar-refractivity contribution in [3.8, 4) is 0 Å².